The van der Waals surface area contributed by atoms with Crippen molar-refractivity contribution >= 4 is 0 Å². The summed E-state index contributed by atoms with van der Waals surface area (Å²) >= 11 is 0. The van der Waals surface area contributed by atoms with E-state index in [-0.39, 0.29) is 17.8 Å². The van der Waals surface area contributed by atoms with Gasteiger partial charge in [-0.2, -0.15) is 0 Å². The highest BCUT2D eigenvalue weighted by atomic mass is 16.7. The SMILES string of the molecule is CC(C)[C@H]1CC[C@@](C)(C2OCCO2)[C@@H]1OCc1ccccc1. The molecule has 1 heterocycles. The van der Waals surface area contributed by atoms with Crippen molar-refractivity contribution in [2.24, 2.45) is 17.3 Å². The molecule has 1 aromatic carbocycles. The van der Waals surface area contributed by atoms with E-state index in [9.17, 15) is 0 Å². The van der Waals surface area contributed by atoms with Crippen molar-refractivity contribution < 1.29 is 14.2 Å². The molecule has 1 aliphatic carbocycles. The first kappa shape index (κ1) is 16.0. The molecule has 22 heavy (non-hydrogen) atoms. The number of benzene rings is 1. The van der Waals surface area contributed by atoms with Gasteiger partial charge >= 0.3 is 0 Å². The van der Waals surface area contributed by atoms with Crippen LogP contribution < -0.4 is 0 Å². The molecule has 0 radical (unpaired) electrons. The molecular weight excluding hydrogens is 276 g/mol. The van der Waals surface area contributed by atoms with Gasteiger partial charge < -0.3 is 14.2 Å². The second-order valence-corrected chi connectivity index (χ2v) is 7.24. The van der Waals surface area contributed by atoms with Gasteiger partial charge in [-0.25, -0.2) is 0 Å². The van der Waals surface area contributed by atoms with Crippen molar-refractivity contribution in [3.63, 3.8) is 0 Å². The minimum Gasteiger partial charge on any atom is -0.372 e. The van der Waals surface area contributed by atoms with Gasteiger partial charge in [0.1, 0.15) is 0 Å². The highest BCUT2D eigenvalue weighted by Gasteiger charge is 2.53. The lowest BCUT2D eigenvalue weighted by Gasteiger charge is -2.38. The van der Waals surface area contributed by atoms with E-state index in [0.717, 1.165) is 6.42 Å². The Morgan fingerprint density at radius 2 is 1.86 bits per heavy atom. The maximum atomic E-state index is 6.43. The third kappa shape index (κ3) is 3.08. The largest absolute Gasteiger partial charge is 0.372 e. The molecule has 0 bridgehead atoms. The molecule has 1 saturated heterocycles. The first-order valence-electron chi connectivity index (χ1n) is 8.50. The van der Waals surface area contributed by atoms with Crippen LogP contribution >= 0.6 is 0 Å². The highest BCUT2D eigenvalue weighted by Crippen LogP contribution is 2.50. The molecule has 122 valence electrons. The van der Waals surface area contributed by atoms with Gasteiger partial charge in [-0.1, -0.05) is 51.1 Å². The molecule has 2 fully saturated rings. The molecule has 3 heteroatoms. The van der Waals surface area contributed by atoms with Gasteiger partial charge in [0.2, 0.25) is 0 Å². The Morgan fingerprint density at radius 1 is 1.18 bits per heavy atom. The lowest BCUT2D eigenvalue weighted by atomic mass is 9.81. The average molecular weight is 304 g/mol. The summed E-state index contributed by atoms with van der Waals surface area (Å²) < 4.78 is 18.1. The molecule has 1 aliphatic heterocycles. The van der Waals surface area contributed by atoms with E-state index in [0.29, 0.717) is 31.7 Å². The Kier molecular flexibility index (Phi) is 4.86. The van der Waals surface area contributed by atoms with Crippen LogP contribution in [0.25, 0.3) is 0 Å². The van der Waals surface area contributed by atoms with Gasteiger partial charge in [0.25, 0.3) is 0 Å². The summed E-state index contributed by atoms with van der Waals surface area (Å²) in [7, 11) is 0. The van der Waals surface area contributed by atoms with Crippen LogP contribution in [0.1, 0.15) is 39.2 Å². The van der Waals surface area contributed by atoms with Crippen LogP contribution in [0, 0.1) is 17.3 Å². The number of hydrogen-bond donors (Lipinski definition) is 0. The first-order chi connectivity index (χ1) is 10.6. The van der Waals surface area contributed by atoms with E-state index in [4.69, 9.17) is 14.2 Å². The highest BCUT2D eigenvalue weighted by molar-refractivity contribution is 5.13. The maximum Gasteiger partial charge on any atom is 0.165 e. The van der Waals surface area contributed by atoms with Crippen molar-refractivity contribution in [1.29, 1.82) is 0 Å². The van der Waals surface area contributed by atoms with E-state index in [1.807, 2.05) is 6.07 Å². The van der Waals surface area contributed by atoms with Crippen molar-refractivity contribution in [1.82, 2.24) is 0 Å². The van der Waals surface area contributed by atoms with Gasteiger partial charge in [-0.15, -0.1) is 0 Å². The van der Waals surface area contributed by atoms with Gasteiger partial charge in [-0.3, -0.25) is 0 Å². The first-order valence-corrected chi connectivity index (χ1v) is 8.50. The van der Waals surface area contributed by atoms with Crippen LogP contribution in [-0.4, -0.2) is 25.6 Å². The van der Waals surface area contributed by atoms with Crippen molar-refractivity contribution in [2.45, 2.75) is 52.6 Å². The van der Waals surface area contributed by atoms with Crippen LogP contribution in [0.2, 0.25) is 0 Å². The lowest BCUT2D eigenvalue weighted by Crippen LogP contribution is -2.44. The Balaban J connectivity index is 1.75. The lowest BCUT2D eigenvalue weighted by molar-refractivity contribution is -0.180. The predicted octanol–water partition coefficient (Wildman–Crippen LogP) is 4.02. The summed E-state index contributed by atoms with van der Waals surface area (Å²) in [6.45, 7) is 8.95. The van der Waals surface area contributed by atoms with E-state index >= 15 is 0 Å². The standard InChI is InChI=1S/C19H28O3/c1-14(2)16-9-10-19(3,18-20-11-12-21-18)17(16)22-13-15-7-5-4-6-8-15/h4-8,14,16-18H,9-13H2,1-3H3/t16-,17-,19-/m1/s1. The monoisotopic (exact) mass is 304 g/mol. The summed E-state index contributed by atoms with van der Waals surface area (Å²) in [6, 6.07) is 10.4. The van der Waals surface area contributed by atoms with Gasteiger partial charge in [0, 0.05) is 5.41 Å². The molecule has 3 atom stereocenters. The minimum absolute atomic E-state index is 0.0415. The van der Waals surface area contributed by atoms with E-state index in [1.54, 1.807) is 0 Å². The fourth-order valence-corrected chi connectivity index (χ4v) is 4.01. The second-order valence-electron chi connectivity index (χ2n) is 7.24. The van der Waals surface area contributed by atoms with Crippen molar-refractivity contribution in [2.75, 3.05) is 13.2 Å². The Morgan fingerprint density at radius 3 is 2.50 bits per heavy atom. The van der Waals surface area contributed by atoms with E-state index in [2.05, 4.69) is 45.0 Å². The minimum atomic E-state index is -0.114. The molecule has 0 unspecified atom stereocenters. The van der Waals surface area contributed by atoms with Crippen LogP contribution in [0.3, 0.4) is 0 Å². The van der Waals surface area contributed by atoms with Gasteiger partial charge in [0.15, 0.2) is 6.29 Å². The fraction of sp³-hybridized carbons (Fsp3) is 0.684. The summed E-state index contributed by atoms with van der Waals surface area (Å²) in [5.41, 5.74) is 1.19. The zero-order valence-corrected chi connectivity index (χ0v) is 14.0. The summed E-state index contributed by atoms with van der Waals surface area (Å²) in [5, 5.41) is 0. The van der Waals surface area contributed by atoms with Crippen LogP contribution in [-0.2, 0) is 20.8 Å². The Bertz CT molecular complexity index is 467. The second kappa shape index (κ2) is 6.69. The Hall–Kier alpha value is -0.900. The number of hydrogen-bond acceptors (Lipinski definition) is 3. The number of ether oxygens (including phenoxy) is 3. The normalized spacial score (nSPS) is 32.9. The average Bonchev–Trinajstić information content (AvgIpc) is 3.15. The van der Waals surface area contributed by atoms with Crippen LogP contribution in [0.4, 0.5) is 0 Å². The summed E-state index contributed by atoms with van der Waals surface area (Å²) in [4.78, 5) is 0. The molecular formula is C19H28O3. The molecule has 2 aliphatic rings. The topological polar surface area (TPSA) is 27.7 Å². The number of rotatable bonds is 5. The molecule has 0 aromatic heterocycles. The summed E-state index contributed by atoms with van der Waals surface area (Å²) in [5.74, 6) is 1.19. The predicted molar refractivity (Wildman–Crippen MR) is 86.4 cm³/mol. The molecule has 0 amide bonds. The zero-order valence-electron chi connectivity index (χ0n) is 14.0. The summed E-state index contributed by atoms with van der Waals surface area (Å²) in [6.07, 6.45) is 2.38. The molecule has 0 N–H and O–H groups in total. The van der Waals surface area contributed by atoms with Crippen LogP contribution in [0.15, 0.2) is 30.3 Å². The smallest absolute Gasteiger partial charge is 0.165 e. The van der Waals surface area contributed by atoms with Gasteiger partial charge in [-0.05, 0) is 30.2 Å². The van der Waals surface area contributed by atoms with E-state index < -0.39 is 0 Å². The Labute approximate surface area is 134 Å². The van der Waals surface area contributed by atoms with Crippen molar-refractivity contribution in [3.05, 3.63) is 35.9 Å². The molecule has 3 rings (SSSR count). The van der Waals surface area contributed by atoms with Crippen LogP contribution in [0.5, 0.6) is 0 Å². The van der Waals surface area contributed by atoms with Gasteiger partial charge in [0.05, 0.1) is 25.9 Å². The van der Waals surface area contributed by atoms with E-state index in [1.165, 1.54) is 12.0 Å². The molecule has 0 spiro atoms. The zero-order chi connectivity index (χ0) is 15.6. The van der Waals surface area contributed by atoms with Crippen molar-refractivity contribution in [3.8, 4) is 0 Å². The quantitative estimate of drug-likeness (QED) is 0.822. The fourth-order valence-electron chi connectivity index (χ4n) is 4.01. The third-order valence-corrected chi connectivity index (χ3v) is 5.34. The molecule has 1 aromatic rings. The maximum absolute atomic E-state index is 6.43. The molecule has 1 saturated carbocycles. The molecule has 3 nitrogen and oxygen atoms in total. The third-order valence-electron chi connectivity index (χ3n) is 5.34.